The van der Waals surface area contributed by atoms with Crippen LogP contribution >= 0.6 is 35.0 Å². The van der Waals surface area contributed by atoms with E-state index in [2.05, 4.69) is 15.3 Å². The number of hydrogen-bond acceptors (Lipinski definition) is 6. The molecule has 0 saturated carbocycles. The molecule has 0 aliphatic heterocycles. The first-order valence-electron chi connectivity index (χ1n) is 7.40. The van der Waals surface area contributed by atoms with Gasteiger partial charge in [0.2, 0.25) is 5.16 Å². The highest BCUT2D eigenvalue weighted by molar-refractivity contribution is 7.99. The Morgan fingerprint density at radius 3 is 3.04 bits per heavy atom. The van der Waals surface area contributed by atoms with Crippen LogP contribution in [0.15, 0.2) is 51.3 Å². The number of hydrogen-bond donors (Lipinski definition) is 0. The first-order chi connectivity index (χ1) is 12.2. The van der Waals surface area contributed by atoms with Gasteiger partial charge in [-0.05, 0) is 30.0 Å². The van der Waals surface area contributed by atoms with Gasteiger partial charge < -0.3 is 9.15 Å². The van der Waals surface area contributed by atoms with Crippen molar-refractivity contribution in [2.45, 2.75) is 18.7 Å². The van der Waals surface area contributed by atoms with Crippen molar-refractivity contribution in [1.82, 2.24) is 14.9 Å². The molecule has 0 atom stereocenters. The molecule has 3 aromatic rings. The van der Waals surface area contributed by atoms with E-state index >= 15 is 0 Å². The minimum Gasteiger partial charge on any atom is -0.484 e. The zero-order valence-electron chi connectivity index (χ0n) is 13.2. The summed E-state index contributed by atoms with van der Waals surface area (Å²) in [5.74, 6) is 2.63. The van der Waals surface area contributed by atoms with Gasteiger partial charge in [-0.15, -0.1) is 10.2 Å². The van der Waals surface area contributed by atoms with E-state index in [1.54, 1.807) is 53.2 Å². The third-order valence-corrected chi connectivity index (χ3v) is 4.67. The minimum atomic E-state index is 0.234. The van der Waals surface area contributed by atoms with Crippen LogP contribution in [0.3, 0.4) is 0 Å². The average molecular weight is 397 g/mol. The molecule has 130 valence electrons. The summed E-state index contributed by atoms with van der Waals surface area (Å²) >= 11 is 13.6. The van der Waals surface area contributed by atoms with Gasteiger partial charge in [0.25, 0.3) is 0 Å². The van der Waals surface area contributed by atoms with Crippen molar-refractivity contribution in [1.29, 1.82) is 0 Å². The average Bonchev–Trinajstić information content (AvgIpc) is 3.24. The monoisotopic (exact) mass is 396 g/mol. The number of nitrogens with zero attached hydrogens (tertiary/aromatic N) is 4. The lowest BCUT2D eigenvalue weighted by Crippen LogP contribution is -1.94. The Balaban J connectivity index is 1.63. The first kappa shape index (κ1) is 17.8. The molecule has 0 spiro atoms. The van der Waals surface area contributed by atoms with Crippen LogP contribution in [0.5, 0.6) is 5.75 Å². The first-order valence-corrected chi connectivity index (χ1v) is 9.14. The van der Waals surface area contributed by atoms with E-state index < -0.39 is 0 Å². The van der Waals surface area contributed by atoms with E-state index in [9.17, 15) is 0 Å². The Kier molecular flexibility index (Phi) is 6.01. The number of aromatic nitrogens is 3. The second-order valence-corrected chi connectivity index (χ2v) is 6.80. The van der Waals surface area contributed by atoms with Gasteiger partial charge in [-0.2, -0.15) is 9.78 Å². The summed E-state index contributed by atoms with van der Waals surface area (Å²) in [6.45, 7) is 2.27. The second kappa shape index (κ2) is 8.42. The van der Waals surface area contributed by atoms with Crippen molar-refractivity contribution in [2.75, 3.05) is 5.75 Å². The number of furan rings is 1. The van der Waals surface area contributed by atoms with E-state index in [0.717, 1.165) is 10.9 Å². The maximum absolute atomic E-state index is 6.09. The molecule has 2 aromatic heterocycles. The second-order valence-electron chi connectivity index (χ2n) is 4.78. The molecule has 0 unspecified atom stereocenters. The predicted molar refractivity (Wildman–Crippen MR) is 98.9 cm³/mol. The summed E-state index contributed by atoms with van der Waals surface area (Å²) in [4.78, 5) is 0. The van der Waals surface area contributed by atoms with Gasteiger partial charge in [0.1, 0.15) is 35.2 Å². The molecule has 0 amide bonds. The fraction of sp³-hybridized carbons (Fsp3) is 0.188. The molecule has 0 radical (unpaired) electrons. The van der Waals surface area contributed by atoms with E-state index in [-0.39, 0.29) is 6.61 Å². The minimum absolute atomic E-state index is 0.234. The molecule has 0 N–H and O–H groups in total. The number of benzene rings is 1. The Hall–Kier alpha value is -1.96. The molecular weight excluding hydrogens is 383 g/mol. The highest BCUT2D eigenvalue weighted by Gasteiger charge is 2.08. The molecule has 3 rings (SSSR count). The largest absolute Gasteiger partial charge is 0.484 e. The fourth-order valence-electron chi connectivity index (χ4n) is 1.93. The maximum atomic E-state index is 6.09. The lowest BCUT2D eigenvalue weighted by Gasteiger charge is -2.06. The summed E-state index contributed by atoms with van der Waals surface area (Å²) in [5.41, 5.74) is 0. The highest BCUT2D eigenvalue weighted by Crippen LogP contribution is 2.32. The molecule has 0 fully saturated rings. The Labute approximate surface area is 158 Å². The lowest BCUT2D eigenvalue weighted by molar-refractivity contribution is 0.270. The number of halogens is 2. The number of rotatable bonds is 7. The molecule has 2 heterocycles. The fourth-order valence-corrected chi connectivity index (χ4v) is 2.86. The van der Waals surface area contributed by atoms with E-state index in [1.165, 1.54) is 0 Å². The van der Waals surface area contributed by atoms with Crippen molar-refractivity contribution < 1.29 is 9.15 Å². The molecule has 0 bridgehead atoms. The van der Waals surface area contributed by atoms with Gasteiger partial charge in [0.05, 0.1) is 11.2 Å². The van der Waals surface area contributed by atoms with Gasteiger partial charge in [-0.1, -0.05) is 48.0 Å². The molecule has 6 nitrogen and oxygen atoms in total. The number of ether oxygens (including phenoxy) is 1. The summed E-state index contributed by atoms with van der Waals surface area (Å²) < 4.78 is 12.9. The zero-order chi connectivity index (χ0) is 17.6. The standard InChI is InChI=1S/C16H14Cl2N4O2S/c1-2-25-16-21-19-10-22(16)20-8-11-6-7-12(24-11)9-23-14-5-3-4-13(17)15(14)18/h3-8,10H,2,9H2,1H3. The van der Waals surface area contributed by atoms with Gasteiger partial charge in [-0.25, -0.2) is 0 Å². The van der Waals surface area contributed by atoms with Crippen LogP contribution in [0.2, 0.25) is 10.0 Å². The maximum Gasteiger partial charge on any atom is 0.211 e. The topological polar surface area (TPSA) is 65.4 Å². The van der Waals surface area contributed by atoms with E-state index in [4.69, 9.17) is 32.4 Å². The van der Waals surface area contributed by atoms with E-state index in [1.807, 2.05) is 13.0 Å². The summed E-state index contributed by atoms with van der Waals surface area (Å²) in [5, 5.41) is 13.7. The van der Waals surface area contributed by atoms with Gasteiger partial charge >= 0.3 is 0 Å². The zero-order valence-corrected chi connectivity index (χ0v) is 15.6. The molecule has 0 aliphatic carbocycles. The van der Waals surface area contributed by atoms with Crippen LogP contribution in [-0.2, 0) is 6.61 Å². The summed E-state index contributed by atoms with van der Waals surface area (Å²) in [7, 11) is 0. The molecule has 0 saturated heterocycles. The third kappa shape index (κ3) is 4.56. The number of thioether (sulfide) groups is 1. The van der Waals surface area contributed by atoms with Crippen molar-refractivity contribution in [2.24, 2.45) is 5.10 Å². The Morgan fingerprint density at radius 1 is 1.32 bits per heavy atom. The van der Waals surface area contributed by atoms with Gasteiger partial charge in [-0.3, -0.25) is 0 Å². The molecule has 0 aliphatic rings. The third-order valence-electron chi connectivity index (χ3n) is 3.05. The smallest absolute Gasteiger partial charge is 0.211 e. The SMILES string of the molecule is CCSc1nncn1N=Cc1ccc(COc2cccc(Cl)c2Cl)o1. The normalized spacial score (nSPS) is 11.3. The van der Waals surface area contributed by atoms with Crippen LogP contribution in [0.25, 0.3) is 0 Å². The van der Waals surface area contributed by atoms with Crippen molar-refractivity contribution in [3.05, 3.63) is 58.2 Å². The summed E-state index contributed by atoms with van der Waals surface area (Å²) in [6, 6.07) is 8.84. The van der Waals surface area contributed by atoms with Crippen molar-refractivity contribution in [3.8, 4) is 5.75 Å². The predicted octanol–water partition coefficient (Wildman–Crippen LogP) is 4.75. The van der Waals surface area contributed by atoms with Crippen LogP contribution < -0.4 is 4.74 Å². The van der Waals surface area contributed by atoms with Crippen LogP contribution in [0, 0.1) is 0 Å². The van der Waals surface area contributed by atoms with Gasteiger partial charge in [0.15, 0.2) is 0 Å². The molecule has 9 heteroatoms. The molecule has 25 heavy (non-hydrogen) atoms. The lowest BCUT2D eigenvalue weighted by atomic mass is 10.3. The molecule has 1 aromatic carbocycles. The van der Waals surface area contributed by atoms with Crippen LogP contribution in [-0.4, -0.2) is 26.8 Å². The highest BCUT2D eigenvalue weighted by atomic mass is 35.5. The van der Waals surface area contributed by atoms with Crippen LogP contribution in [0.1, 0.15) is 18.4 Å². The van der Waals surface area contributed by atoms with E-state index in [0.29, 0.717) is 27.3 Å². The quantitative estimate of drug-likeness (QED) is 0.425. The summed E-state index contributed by atoms with van der Waals surface area (Å²) in [6.07, 6.45) is 3.14. The van der Waals surface area contributed by atoms with Crippen molar-refractivity contribution in [3.63, 3.8) is 0 Å². The van der Waals surface area contributed by atoms with Gasteiger partial charge in [0, 0.05) is 0 Å². The van der Waals surface area contributed by atoms with Crippen LogP contribution in [0.4, 0.5) is 0 Å². The molecular formula is C16H14Cl2N4O2S. The Morgan fingerprint density at radius 2 is 2.20 bits per heavy atom. The van der Waals surface area contributed by atoms with Crippen molar-refractivity contribution >= 4 is 41.2 Å². The Bertz CT molecular complexity index is 879.